The molecule has 17 heavy (non-hydrogen) atoms. The second-order valence-corrected chi connectivity index (χ2v) is 5.84. The van der Waals surface area contributed by atoms with Gasteiger partial charge in [0.05, 0.1) is 6.10 Å². The highest BCUT2D eigenvalue weighted by atomic mass is 16.5. The van der Waals surface area contributed by atoms with Crippen LogP contribution in [0.3, 0.4) is 0 Å². The molecule has 1 heterocycles. The lowest BCUT2D eigenvalue weighted by Crippen LogP contribution is -2.47. The van der Waals surface area contributed by atoms with Gasteiger partial charge in [-0.3, -0.25) is 0 Å². The molecule has 1 aliphatic carbocycles. The molecule has 2 aliphatic rings. The predicted octanol–water partition coefficient (Wildman–Crippen LogP) is 1.88. The van der Waals surface area contributed by atoms with Gasteiger partial charge in [-0.05, 0) is 51.7 Å². The summed E-state index contributed by atoms with van der Waals surface area (Å²) < 4.78 is 5.59. The molecule has 2 rings (SSSR count). The molecule has 0 radical (unpaired) electrons. The summed E-state index contributed by atoms with van der Waals surface area (Å²) in [6.07, 6.45) is 8.43. The number of nitrogens with zero attached hydrogens (tertiary/aromatic N) is 1. The summed E-state index contributed by atoms with van der Waals surface area (Å²) in [6.45, 7) is 3.72. The van der Waals surface area contributed by atoms with E-state index in [9.17, 15) is 0 Å². The molecule has 3 heteroatoms. The van der Waals surface area contributed by atoms with Gasteiger partial charge in [0.25, 0.3) is 0 Å². The van der Waals surface area contributed by atoms with E-state index in [1.54, 1.807) is 0 Å². The number of hydrogen-bond donors (Lipinski definition) is 1. The molecule has 1 saturated heterocycles. The lowest BCUT2D eigenvalue weighted by molar-refractivity contribution is 0.0391. The van der Waals surface area contributed by atoms with Gasteiger partial charge in [-0.2, -0.15) is 0 Å². The van der Waals surface area contributed by atoms with Crippen LogP contribution < -0.4 is 5.32 Å². The fourth-order valence-electron chi connectivity index (χ4n) is 3.37. The van der Waals surface area contributed by atoms with Crippen LogP contribution in [0, 0.1) is 5.92 Å². The van der Waals surface area contributed by atoms with Gasteiger partial charge in [-0.15, -0.1) is 0 Å². The third kappa shape index (κ3) is 3.94. The minimum atomic E-state index is 0.449. The maximum Gasteiger partial charge on any atom is 0.0724 e. The van der Waals surface area contributed by atoms with Crippen LogP contribution in [0.1, 0.15) is 38.5 Å². The highest BCUT2D eigenvalue weighted by molar-refractivity contribution is 4.83. The number of nitrogens with one attached hydrogen (secondary N) is 1. The maximum absolute atomic E-state index is 5.59. The van der Waals surface area contributed by atoms with Crippen LogP contribution in [0.15, 0.2) is 0 Å². The fourth-order valence-corrected chi connectivity index (χ4v) is 3.37. The van der Waals surface area contributed by atoms with Crippen LogP contribution in [0.2, 0.25) is 0 Å². The van der Waals surface area contributed by atoms with Crippen molar-refractivity contribution < 1.29 is 4.74 Å². The second kappa shape index (κ2) is 6.72. The van der Waals surface area contributed by atoms with E-state index in [1.807, 2.05) is 7.11 Å². The van der Waals surface area contributed by atoms with Gasteiger partial charge in [-0.25, -0.2) is 0 Å². The van der Waals surface area contributed by atoms with Gasteiger partial charge in [0, 0.05) is 19.7 Å². The molecule has 3 nitrogen and oxygen atoms in total. The van der Waals surface area contributed by atoms with Gasteiger partial charge >= 0.3 is 0 Å². The Morgan fingerprint density at radius 1 is 1.18 bits per heavy atom. The molecule has 0 bridgehead atoms. The van der Waals surface area contributed by atoms with Crippen molar-refractivity contribution in [3.8, 4) is 0 Å². The Morgan fingerprint density at radius 3 is 2.76 bits per heavy atom. The van der Waals surface area contributed by atoms with E-state index in [-0.39, 0.29) is 0 Å². The predicted molar refractivity (Wildman–Crippen MR) is 71.3 cm³/mol. The maximum atomic E-state index is 5.59. The van der Waals surface area contributed by atoms with E-state index in [0.717, 1.165) is 5.92 Å². The second-order valence-electron chi connectivity index (χ2n) is 5.84. The van der Waals surface area contributed by atoms with Crippen molar-refractivity contribution in [1.82, 2.24) is 10.2 Å². The van der Waals surface area contributed by atoms with Crippen molar-refractivity contribution in [2.75, 3.05) is 33.8 Å². The Morgan fingerprint density at radius 2 is 2.00 bits per heavy atom. The number of rotatable bonds is 4. The van der Waals surface area contributed by atoms with Crippen molar-refractivity contribution in [1.29, 1.82) is 0 Å². The zero-order valence-corrected chi connectivity index (χ0v) is 11.5. The molecule has 1 N–H and O–H groups in total. The van der Waals surface area contributed by atoms with E-state index >= 15 is 0 Å². The molecular formula is C14H28N2O. The van der Waals surface area contributed by atoms with Gasteiger partial charge in [0.1, 0.15) is 0 Å². The van der Waals surface area contributed by atoms with Gasteiger partial charge in [-0.1, -0.05) is 12.8 Å². The Kier molecular flexibility index (Phi) is 5.26. The SMILES string of the molecule is COC1CCCCC1NCC1CCCN(C)C1. The quantitative estimate of drug-likeness (QED) is 0.812. The first kappa shape index (κ1) is 13.3. The molecule has 0 amide bonds. The minimum absolute atomic E-state index is 0.449. The summed E-state index contributed by atoms with van der Waals surface area (Å²) in [5.74, 6) is 0.841. The van der Waals surface area contributed by atoms with Crippen LogP contribution in [0.25, 0.3) is 0 Å². The monoisotopic (exact) mass is 240 g/mol. The van der Waals surface area contributed by atoms with Crippen LogP contribution >= 0.6 is 0 Å². The summed E-state index contributed by atoms with van der Waals surface area (Å²) in [5.41, 5.74) is 0. The number of piperidine rings is 1. The van der Waals surface area contributed by atoms with E-state index in [4.69, 9.17) is 4.74 Å². The van der Waals surface area contributed by atoms with Gasteiger partial charge < -0.3 is 15.0 Å². The fraction of sp³-hybridized carbons (Fsp3) is 1.00. The van der Waals surface area contributed by atoms with Crippen LogP contribution in [0.4, 0.5) is 0 Å². The molecule has 0 aromatic heterocycles. The molecular weight excluding hydrogens is 212 g/mol. The Hall–Kier alpha value is -0.120. The number of ether oxygens (including phenoxy) is 1. The van der Waals surface area contributed by atoms with Crippen molar-refractivity contribution in [2.24, 2.45) is 5.92 Å². The summed E-state index contributed by atoms with van der Waals surface area (Å²) in [7, 11) is 4.10. The molecule has 3 atom stereocenters. The topological polar surface area (TPSA) is 24.5 Å². The Bertz CT molecular complexity index is 222. The van der Waals surface area contributed by atoms with E-state index in [2.05, 4.69) is 17.3 Å². The first-order chi connectivity index (χ1) is 8.29. The summed E-state index contributed by atoms with van der Waals surface area (Å²) >= 11 is 0. The summed E-state index contributed by atoms with van der Waals surface area (Å²) in [5, 5.41) is 3.76. The molecule has 1 saturated carbocycles. The minimum Gasteiger partial charge on any atom is -0.380 e. The molecule has 3 unspecified atom stereocenters. The van der Waals surface area contributed by atoms with E-state index in [1.165, 1.54) is 58.2 Å². The highest BCUT2D eigenvalue weighted by Crippen LogP contribution is 2.21. The average Bonchev–Trinajstić information content (AvgIpc) is 2.37. The van der Waals surface area contributed by atoms with Gasteiger partial charge in [0.15, 0.2) is 0 Å². The molecule has 2 fully saturated rings. The van der Waals surface area contributed by atoms with Crippen molar-refractivity contribution in [3.05, 3.63) is 0 Å². The average molecular weight is 240 g/mol. The lowest BCUT2D eigenvalue weighted by atomic mass is 9.91. The summed E-state index contributed by atoms with van der Waals surface area (Å²) in [4.78, 5) is 2.46. The molecule has 0 aromatic carbocycles. The van der Waals surface area contributed by atoms with E-state index in [0.29, 0.717) is 12.1 Å². The number of likely N-dealkylation sites (tertiary alicyclic amines) is 1. The smallest absolute Gasteiger partial charge is 0.0724 e. The van der Waals surface area contributed by atoms with Crippen LogP contribution in [-0.4, -0.2) is 50.8 Å². The van der Waals surface area contributed by atoms with Crippen molar-refractivity contribution >= 4 is 0 Å². The standard InChI is InChI=1S/C14H28N2O/c1-16-9-5-6-12(11-16)10-15-13-7-3-4-8-14(13)17-2/h12-15H,3-11H2,1-2H3. The zero-order chi connectivity index (χ0) is 12.1. The first-order valence-corrected chi connectivity index (χ1v) is 7.24. The lowest BCUT2D eigenvalue weighted by Gasteiger charge is -2.35. The first-order valence-electron chi connectivity index (χ1n) is 7.24. The Labute approximate surface area is 106 Å². The molecule has 0 spiro atoms. The zero-order valence-electron chi connectivity index (χ0n) is 11.5. The third-order valence-electron chi connectivity index (χ3n) is 4.40. The largest absolute Gasteiger partial charge is 0.380 e. The number of hydrogen-bond acceptors (Lipinski definition) is 3. The van der Waals surface area contributed by atoms with Crippen LogP contribution in [-0.2, 0) is 4.74 Å². The van der Waals surface area contributed by atoms with Crippen molar-refractivity contribution in [3.63, 3.8) is 0 Å². The molecule has 100 valence electrons. The van der Waals surface area contributed by atoms with Crippen LogP contribution in [0.5, 0.6) is 0 Å². The molecule has 0 aromatic rings. The van der Waals surface area contributed by atoms with Gasteiger partial charge in [0.2, 0.25) is 0 Å². The molecule has 1 aliphatic heterocycles. The Balaban J connectivity index is 1.72. The van der Waals surface area contributed by atoms with Crippen molar-refractivity contribution in [2.45, 2.75) is 50.7 Å². The third-order valence-corrected chi connectivity index (χ3v) is 4.40. The normalized spacial score (nSPS) is 36.0. The summed E-state index contributed by atoms with van der Waals surface area (Å²) in [6, 6.07) is 0.598. The highest BCUT2D eigenvalue weighted by Gasteiger charge is 2.25. The number of methoxy groups -OCH3 is 1. The van der Waals surface area contributed by atoms with E-state index < -0.39 is 0 Å².